The second-order valence-corrected chi connectivity index (χ2v) is 3.20. The van der Waals surface area contributed by atoms with Gasteiger partial charge in [-0.2, -0.15) is 5.10 Å². The summed E-state index contributed by atoms with van der Waals surface area (Å²) >= 11 is 11.8. The van der Waals surface area contributed by atoms with E-state index in [9.17, 15) is 0 Å². The van der Waals surface area contributed by atoms with E-state index in [4.69, 9.17) is 23.2 Å². The van der Waals surface area contributed by atoms with Crippen molar-refractivity contribution in [3.05, 3.63) is 24.9 Å². The molecular weight excluding hydrogens is 197 g/mol. The summed E-state index contributed by atoms with van der Waals surface area (Å²) in [4.78, 5) is -0.888. The fourth-order valence-electron chi connectivity index (χ4n) is 0.749. The number of hydrogen-bond acceptors (Lipinski definition) is 3. The van der Waals surface area contributed by atoms with Crippen molar-refractivity contribution in [1.82, 2.24) is 10.7 Å². The summed E-state index contributed by atoms with van der Waals surface area (Å²) in [5.41, 5.74) is 2.59. The smallest absolute Gasteiger partial charge is 0.169 e. The first-order valence-corrected chi connectivity index (χ1v) is 4.16. The third-order valence-corrected chi connectivity index (χ3v) is 2.27. The standard InChI is InChI=1S/C7H9Cl2N3/c1-2-4-10-7(9)3-5-11-12-6(7)8/h2-3,5,10-11H,1,4H2. The second kappa shape index (κ2) is 3.94. The maximum absolute atomic E-state index is 6.06. The molecule has 0 spiro atoms. The lowest BCUT2D eigenvalue weighted by Crippen LogP contribution is -2.45. The van der Waals surface area contributed by atoms with Gasteiger partial charge in [-0.05, 0) is 6.08 Å². The highest BCUT2D eigenvalue weighted by molar-refractivity contribution is 6.72. The van der Waals surface area contributed by atoms with Gasteiger partial charge in [0.15, 0.2) is 10.2 Å². The van der Waals surface area contributed by atoms with Crippen molar-refractivity contribution in [2.75, 3.05) is 6.54 Å². The monoisotopic (exact) mass is 205 g/mol. The van der Waals surface area contributed by atoms with Crippen LogP contribution in [0.5, 0.6) is 0 Å². The minimum Gasteiger partial charge on any atom is -0.286 e. The molecule has 3 nitrogen and oxygen atoms in total. The van der Waals surface area contributed by atoms with Crippen LogP contribution in [0.4, 0.5) is 0 Å². The van der Waals surface area contributed by atoms with Crippen molar-refractivity contribution >= 4 is 28.4 Å². The molecule has 1 unspecified atom stereocenters. The molecule has 0 aliphatic carbocycles. The van der Waals surface area contributed by atoms with E-state index in [1.54, 1.807) is 18.4 Å². The average molecular weight is 206 g/mol. The van der Waals surface area contributed by atoms with Crippen LogP contribution in [0, 0.1) is 0 Å². The van der Waals surface area contributed by atoms with Crippen LogP contribution < -0.4 is 10.7 Å². The normalized spacial score (nSPS) is 27.7. The molecule has 66 valence electrons. The van der Waals surface area contributed by atoms with E-state index < -0.39 is 5.00 Å². The quantitative estimate of drug-likeness (QED) is 0.415. The van der Waals surface area contributed by atoms with E-state index in [2.05, 4.69) is 22.4 Å². The molecule has 12 heavy (non-hydrogen) atoms. The SMILES string of the molecule is C=CCNC1(Cl)C=CNN=C1Cl. The molecule has 0 radical (unpaired) electrons. The van der Waals surface area contributed by atoms with Crippen LogP contribution in [0.2, 0.25) is 0 Å². The Kier molecular flexibility index (Phi) is 3.14. The molecule has 5 heteroatoms. The van der Waals surface area contributed by atoms with Gasteiger partial charge in [-0.3, -0.25) is 10.7 Å². The summed E-state index contributed by atoms with van der Waals surface area (Å²) in [7, 11) is 0. The molecule has 0 aromatic carbocycles. The lowest BCUT2D eigenvalue weighted by molar-refractivity contribution is 0.692. The van der Waals surface area contributed by atoms with E-state index in [1.165, 1.54) is 0 Å². The number of hydrazone groups is 1. The highest BCUT2D eigenvalue weighted by Crippen LogP contribution is 2.20. The van der Waals surface area contributed by atoms with E-state index in [0.717, 1.165) is 0 Å². The molecule has 0 saturated heterocycles. The van der Waals surface area contributed by atoms with Gasteiger partial charge in [0, 0.05) is 12.7 Å². The second-order valence-electron chi connectivity index (χ2n) is 2.25. The first-order chi connectivity index (χ1) is 5.69. The molecule has 0 aromatic heterocycles. The van der Waals surface area contributed by atoms with Gasteiger partial charge in [-0.1, -0.05) is 29.3 Å². The summed E-state index contributed by atoms with van der Waals surface area (Å²) in [5, 5.41) is 6.98. The van der Waals surface area contributed by atoms with Gasteiger partial charge >= 0.3 is 0 Å². The molecule has 1 aliphatic rings. The van der Waals surface area contributed by atoms with E-state index in [1.807, 2.05) is 0 Å². The molecule has 1 aliphatic heterocycles. The van der Waals surface area contributed by atoms with Crippen LogP contribution in [0.1, 0.15) is 0 Å². The minimum absolute atomic E-state index is 0.272. The predicted molar refractivity (Wildman–Crippen MR) is 52.3 cm³/mol. The molecule has 0 aromatic rings. The highest BCUT2D eigenvalue weighted by Gasteiger charge is 2.30. The molecule has 0 fully saturated rings. The Morgan fingerprint density at radius 3 is 3.17 bits per heavy atom. The fraction of sp³-hybridized carbons (Fsp3) is 0.286. The lowest BCUT2D eigenvalue weighted by atomic mass is 10.3. The topological polar surface area (TPSA) is 36.4 Å². The largest absolute Gasteiger partial charge is 0.286 e. The molecule has 1 rings (SSSR count). The van der Waals surface area contributed by atoms with Crippen LogP contribution >= 0.6 is 23.2 Å². The van der Waals surface area contributed by atoms with Gasteiger partial charge < -0.3 is 0 Å². The van der Waals surface area contributed by atoms with E-state index >= 15 is 0 Å². The van der Waals surface area contributed by atoms with Crippen molar-refractivity contribution in [1.29, 1.82) is 0 Å². The van der Waals surface area contributed by atoms with Crippen molar-refractivity contribution in [3.8, 4) is 0 Å². The van der Waals surface area contributed by atoms with Crippen molar-refractivity contribution in [2.24, 2.45) is 5.10 Å². The predicted octanol–water partition coefficient (Wildman–Crippen LogP) is 1.37. The van der Waals surface area contributed by atoms with Crippen molar-refractivity contribution < 1.29 is 0 Å². The summed E-state index contributed by atoms with van der Waals surface area (Å²) in [5.74, 6) is 0. The van der Waals surface area contributed by atoms with Crippen LogP contribution in [0.15, 0.2) is 30.0 Å². The maximum atomic E-state index is 6.06. The third-order valence-electron chi connectivity index (χ3n) is 1.35. The zero-order valence-corrected chi connectivity index (χ0v) is 7.86. The summed E-state index contributed by atoms with van der Waals surface area (Å²) in [6.07, 6.45) is 5.01. The van der Waals surface area contributed by atoms with E-state index in [-0.39, 0.29) is 5.17 Å². The Morgan fingerprint density at radius 2 is 2.58 bits per heavy atom. The van der Waals surface area contributed by atoms with Crippen LogP contribution in [-0.4, -0.2) is 16.7 Å². The molecule has 0 saturated carbocycles. The Bertz CT molecular complexity index is 237. The molecular formula is C7H9Cl2N3. The zero-order valence-electron chi connectivity index (χ0n) is 6.35. The highest BCUT2D eigenvalue weighted by atomic mass is 35.5. The number of alkyl halides is 1. The Morgan fingerprint density at radius 1 is 1.83 bits per heavy atom. The minimum atomic E-state index is -0.888. The molecule has 1 heterocycles. The molecule has 0 bridgehead atoms. The average Bonchev–Trinajstić information content (AvgIpc) is 2.07. The first-order valence-electron chi connectivity index (χ1n) is 3.41. The lowest BCUT2D eigenvalue weighted by Gasteiger charge is -2.24. The zero-order chi connectivity index (χ0) is 9.03. The van der Waals surface area contributed by atoms with Gasteiger partial charge in [-0.25, -0.2) is 0 Å². The van der Waals surface area contributed by atoms with E-state index in [0.29, 0.717) is 6.54 Å². The fourth-order valence-corrected chi connectivity index (χ4v) is 1.11. The van der Waals surface area contributed by atoms with Gasteiger partial charge in [0.1, 0.15) is 0 Å². The summed E-state index contributed by atoms with van der Waals surface area (Å²) in [6, 6.07) is 0. The number of rotatable bonds is 3. The van der Waals surface area contributed by atoms with Gasteiger partial charge in [0.25, 0.3) is 0 Å². The number of nitrogens with one attached hydrogen (secondary N) is 2. The Labute approximate surface area is 81.1 Å². The number of halogens is 2. The van der Waals surface area contributed by atoms with Crippen molar-refractivity contribution in [3.63, 3.8) is 0 Å². The Balaban J connectivity index is 2.66. The van der Waals surface area contributed by atoms with Gasteiger partial charge in [0.2, 0.25) is 0 Å². The van der Waals surface area contributed by atoms with Crippen LogP contribution in [0.25, 0.3) is 0 Å². The van der Waals surface area contributed by atoms with Crippen LogP contribution in [-0.2, 0) is 0 Å². The number of hydrogen-bond donors (Lipinski definition) is 2. The first kappa shape index (κ1) is 9.58. The number of nitrogens with zero attached hydrogens (tertiary/aromatic N) is 1. The summed E-state index contributed by atoms with van der Waals surface area (Å²) in [6.45, 7) is 4.13. The maximum Gasteiger partial charge on any atom is 0.169 e. The van der Waals surface area contributed by atoms with Gasteiger partial charge in [0.05, 0.1) is 0 Å². The summed E-state index contributed by atoms with van der Waals surface area (Å²) < 4.78 is 0. The van der Waals surface area contributed by atoms with Crippen molar-refractivity contribution in [2.45, 2.75) is 5.00 Å². The third kappa shape index (κ3) is 2.00. The molecule has 2 N–H and O–H groups in total. The Hall–Kier alpha value is -0.510. The molecule has 1 atom stereocenters. The molecule has 0 amide bonds. The van der Waals surface area contributed by atoms with Crippen LogP contribution in [0.3, 0.4) is 0 Å². The van der Waals surface area contributed by atoms with Gasteiger partial charge in [-0.15, -0.1) is 6.58 Å².